The number of hydrogen-bond acceptors (Lipinski definition) is 3. The first-order valence-electron chi connectivity index (χ1n) is 5.26. The molecule has 0 aromatic rings. The smallest absolute Gasteiger partial charge is 0.310 e. The Balaban J connectivity index is 2.64. The van der Waals surface area contributed by atoms with Gasteiger partial charge in [0.2, 0.25) is 0 Å². The minimum absolute atomic E-state index is 0.106. The summed E-state index contributed by atoms with van der Waals surface area (Å²) in [4.78, 5) is 11.7. The molecular weight excluding hydrogens is 226 g/mol. The van der Waals surface area contributed by atoms with Crippen LogP contribution in [0.2, 0.25) is 0 Å². The molecule has 2 atom stereocenters. The lowest BCUT2D eigenvalue weighted by molar-refractivity contribution is -0.145. The van der Waals surface area contributed by atoms with Crippen molar-refractivity contribution in [3.05, 3.63) is 11.6 Å². The molecule has 88 valence electrons. The fraction of sp³-hybridized carbons (Fsp3) is 0.667. The highest BCUT2D eigenvalue weighted by molar-refractivity contribution is 6.18. The zero-order chi connectivity index (χ0) is 12.3. The van der Waals surface area contributed by atoms with Crippen LogP contribution < -0.4 is 0 Å². The number of allylic oxidation sites excluding steroid dienone is 2. The van der Waals surface area contributed by atoms with E-state index in [0.29, 0.717) is 11.5 Å². The summed E-state index contributed by atoms with van der Waals surface area (Å²) in [5, 5.41) is 8.70. The van der Waals surface area contributed by atoms with Crippen molar-refractivity contribution in [3.8, 4) is 6.07 Å². The maximum atomic E-state index is 11.7. The van der Waals surface area contributed by atoms with E-state index in [2.05, 4.69) is 6.07 Å². The summed E-state index contributed by atoms with van der Waals surface area (Å²) < 4.78 is 5.01. The van der Waals surface area contributed by atoms with Gasteiger partial charge < -0.3 is 4.74 Å². The van der Waals surface area contributed by atoms with E-state index in [-0.39, 0.29) is 29.8 Å². The Labute approximate surface area is 101 Å². The second-order valence-electron chi connectivity index (χ2n) is 4.64. The van der Waals surface area contributed by atoms with Crippen molar-refractivity contribution in [2.75, 3.05) is 12.5 Å². The molecule has 4 heteroatoms. The number of hydrogen-bond donors (Lipinski definition) is 0. The predicted octanol–water partition coefficient (Wildman–Crippen LogP) is 2.51. The summed E-state index contributed by atoms with van der Waals surface area (Å²) in [5.41, 5.74) is 0.535. The Hall–Kier alpha value is -1.01. The average molecular weight is 242 g/mol. The summed E-state index contributed by atoms with van der Waals surface area (Å²) in [7, 11) is 0. The predicted molar refractivity (Wildman–Crippen MR) is 61.8 cm³/mol. The van der Waals surface area contributed by atoms with Crippen molar-refractivity contribution in [2.24, 2.45) is 17.3 Å². The number of carbonyl (C=O) groups excluding carboxylic acids is 1. The topological polar surface area (TPSA) is 50.1 Å². The third-order valence-corrected chi connectivity index (χ3v) is 3.25. The molecule has 0 heterocycles. The molecule has 0 N–H and O–H groups in total. The lowest BCUT2D eigenvalue weighted by Crippen LogP contribution is -2.12. The van der Waals surface area contributed by atoms with Gasteiger partial charge in [-0.15, -0.1) is 11.6 Å². The van der Waals surface area contributed by atoms with Crippen LogP contribution in [0, 0.1) is 28.6 Å². The van der Waals surface area contributed by atoms with Crippen molar-refractivity contribution in [1.82, 2.24) is 0 Å². The molecule has 1 rings (SSSR count). The van der Waals surface area contributed by atoms with E-state index in [1.54, 1.807) is 6.92 Å². The molecule has 0 radical (unpaired) electrons. The van der Waals surface area contributed by atoms with E-state index in [1.807, 2.05) is 19.9 Å². The molecule has 16 heavy (non-hydrogen) atoms. The molecule has 0 spiro atoms. The van der Waals surface area contributed by atoms with Gasteiger partial charge in [0.05, 0.1) is 17.9 Å². The van der Waals surface area contributed by atoms with E-state index < -0.39 is 0 Å². The Morgan fingerprint density at radius 1 is 1.62 bits per heavy atom. The highest BCUT2D eigenvalue weighted by Crippen LogP contribution is 2.59. The minimum atomic E-state index is -0.211. The van der Waals surface area contributed by atoms with Crippen LogP contribution in [0.15, 0.2) is 11.6 Å². The fourth-order valence-corrected chi connectivity index (χ4v) is 2.05. The van der Waals surface area contributed by atoms with Crippen molar-refractivity contribution in [2.45, 2.75) is 20.8 Å². The number of halogens is 1. The Kier molecular flexibility index (Phi) is 3.98. The zero-order valence-electron chi connectivity index (χ0n) is 9.79. The number of carbonyl (C=O) groups is 1. The number of esters is 1. The monoisotopic (exact) mass is 241 g/mol. The first-order valence-corrected chi connectivity index (χ1v) is 5.79. The number of ether oxygens (including phenoxy) is 1. The molecule has 3 nitrogen and oxygen atoms in total. The van der Waals surface area contributed by atoms with Crippen LogP contribution in [0.3, 0.4) is 0 Å². The van der Waals surface area contributed by atoms with Crippen LogP contribution in [0.4, 0.5) is 0 Å². The van der Waals surface area contributed by atoms with Gasteiger partial charge in [0.25, 0.3) is 0 Å². The number of rotatable bonds is 4. The van der Waals surface area contributed by atoms with E-state index in [0.717, 1.165) is 0 Å². The second-order valence-corrected chi connectivity index (χ2v) is 5.02. The van der Waals surface area contributed by atoms with Crippen LogP contribution >= 0.6 is 11.6 Å². The summed E-state index contributed by atoms with van der Waals surface area (Å²) in [5.74, 6) is 0.0722. The van der Waals surface area contributed by atoms with E-state index >= 15 is 0 Å². The van der Waals surface area contributed by atoms with Crippen molar-refractivity contribution in [1.29, 1.82) is 5.26 Å². The molecule has 0 saturated heterocycles. The minimum Gasteiger partial charge on any atom is -0.464 e. The summed E-state index contributed by atoms with van der Waals surface area (Å²) >= 11 is 5.45. The fourth-order valence-electron chi connectivity index (χ4n) is 1.97. The van der Waals surface area contributed by atoms with Gasteiger partial charge in [-0.1, -0.05) is 19.9 Å². The van der Waals surface area contributed by atoms with Gasteiger partial charge in [0.15, 0.2) is 0 Å². The van der Waals surface area contributed by atoms with E-state index in [1.165, 1.54) is 0 Å². The molecule has 0 aromatic carbocycles. The van der Waals surface area contributed by atoms with Gasteiger partial charge >= 0.3 is 5.97 Å². The lowest BCUT2D eigenvalue weighted by Gasteiger charge is -2.02. The number of nitriles is 1. The molecule has 2 unspecified atom stereocenters. The molecule has 0 bridgehead atoms. The molecule has 1 fully saturated rings. The second kappa shape index (κ2) is 4.88. The van der Waals surface area contributed by atoms with Crippen LogP contribution in [0.5, 0.6) is 0 Å². The maximum Gasteiger partial charge on any atom is 0.310 e. The maximum absolute atomic E-state index is 11.7. The summed E-state index contributed by atoms with van der Waals surface area (Å²) in [6.45, 7) is 6.01. The molecule has 0 aliphatic heterocycles. The van der Waals surface area contributed by atoms with Gasteiger partial charge in [0, 0.05) is 5.57 Å². The molecule has 1 aliphatic rings. The molecular formula is C12H16ClNO2. The third kappa shape index (κ3) is 2.56. The summed E-state index contributed by atoms with van der Waals surface area (Å²) in [6, 6.07) is 2.06. The number of nitrogens with zero attached hydrogens (tertiary/aromatic N) is 1. The average Bonchev–Trinajstić information content (AvgIpc) is 2.77. The first-order chi connectivity index (χ1) is 7.45. The van der Waals surface area contributed by atoms with Gasteiger partial charge in [-0.25, -0.2) is 0 Å². The Morgan fingerprint density at radius 2 is 2.25 bits per heavy atom. The normalized spacial score (nSPS) is 27.1. The van der Waals surface area contributed by atoms with Crippen LogP contribution in [0.1, 0.15) is 20.8 Å². The van der Waals surface area contributed by atoms with Gasteiger partial charge in [-0.2, -0.15) is 5.26 Å². The lowest BCUT2D eigenvalue weighted by atomic mass is 10.1. The SMILES string of the molecule is CC(C#N)=CC1C(C(=O)OCCCl)C1(C)C. The molecule has 0 amide bonds. The van der Waals surface area contributed by atoms with Crippen molar-refractivity contribution < 1.29 is 9.53 Å². The van der Waals surface area contributed by atoms with E-state index in [9.17, 15) is 4.79 Å². The summed E-state index contributed by atoms with van der Waals surface area (Å²) in [6.07, 6.45) is 1.85. The number of alkyl halides is 1. The highest BCUT2D eigenvalue weighted by Gasteiger charge is 2.61. The Bertz CT molecular complexity index is 355. The molecule has 1 saturated carbocycles. The van der Waals surface area contributed by atoms with E-state index in [4.69, 9.17) is 21.6 Å². The Morgan fingerprint density at radius 3 is 2.75 bits per heavy atom. The highest BCUT2D eigenvalue weighted by atomic mass is 35.5. The van der Waals surface area contributed by atoms with Crippen LogP contribution in [-0.4, -0.2) is 18.5 Å². The van der Waals surface area contributed by atoms with Crippen molar-refractivity contribution in [3.63, 3.8) is 0 Å². The standard InChI is InChI=1S/C12H16ClNO2/c1-8(7-14)6-9-10(12(9,2)3)11(15)16-5-4-13/h6,9-10H,4-5H2,1-3H3. The molecule has 1 aliphatic carbocycles. The first kappa shape index (κ1) is 13.1. The third-order valence-electron chi connectivity index (χ3n) is 3.09. The van der Waals surface area contributed by atoms with Crippen LogP contribution in [-0.2, 0) is 9.53 Å². The van der Waals surface area contributed by atoms with Gasteiger partial charge in [-0.05, 0) is 18.3 Å². The van der Waals surface area contributed by atoms with Gasteiger partial charge in [-0.3, -0.25) is 4.79 Å². The van der Waals surface area contributed by atoms with Crippen LogP contribution in [0.25, 0.3) is 0 Å². The van der Waals surface area contributed by atoms with Crippen molar-refractivity contribution >= 4 is 17.6 Å². The largest absolute Gasteiger partial charge is 0.464 e. The zero-order valence-corrected chi connectivity index (χ0v) is 10.5. The molecule has 0 aromatic heterocycles. The van der Waals surface area contributed by atoms with Gasteiger partial charge in [0.1, 0.15) is 6.61 Å². The quantitative estimate of drug-likeness (QED) is 0.432.